The summed E-state index contributed by atoms with van der Waals surface area (Å²) >= 11 is 0. The van der Waals surface area contributed by atoms with Gasteiger partial charge in [0, 0.05) is 18.8 Å². The van der Waals surface area contributed by atoms with E-state index >= 15 is 0 Å². The molecule has 0 bridgehead atoms. The van der Waals surface area contributed by atoms with Gasteiger partial charge in [0.05, 0.1) is 18.7 Å². The molecular formula is C23H22N2O2. The summed E-state index contributed by atoms with van der Waals surface area (Å²) in [6.45, 7) is 2.52. The van der Waals surface area contributed by atoms with Crippen molar-refractivity contribution < 1.29 is 9.53 Å². The molecular weight excluding hydrogens is 336 g/mol. The molecule has 1 saturated heterocycles. The van der Waals surface area contributed by atoms with Gasteiger partial charge in [0.1, 0.15) is 0 Å². The number of ether oxygens (including phenoxy) is 1. The molecule has 0 aliphatic carbocycles. The zero-order valence-electron chi connectivity index (χ0n) is 15.3. The van der Waals surface area contributed by atoms with Gasteiger partial charge in [-0.2, -0.15) is 0 Å². The number of amides is 1. The number of rotatable bonds is 4. The van der Waals surface area contributed by atoms with Gasteiger partial charge in [0.15, 0.2) is 0 Å². The highest BCUT2D eigenvalue weighted by atomic mass is 16.6. The van der Waals surface area contributed by atoms with Crippen molar-refractivity contribution in [2.24, 2.45) is 0 Å². The maximum atomic E-state index is 12.6. The molecule has 2 atom stereocenters. The fraction of sp³-hybridized carbons (Fsp3) is 0.217. The number of hydrogen-bond donors (Lipinski definition) is 0. The van der Waals surface area contributed by atoms with Gasteiger partial charge < -0.3 is 4.74 Å². The second-order valence-corrected chi connectivity index (χ2v) is 6.78. The van der Waals surface area contributed by atoms with E-state index in [2.05, 4.69) is 48.3 Å². The summed E-state index contributed by atoms with van der Waals surface area (Å²) in [5.74, 6) is 0. The van der Waals surface area contributed by atoms with E-state index in [1.54, 1.807) is 6.20 Å². The van der Waals surface area contributed by atoms with Gasteiger partial charge in [0.2, 0.25) is 0 Å². The van der Waals surface area contributed by atoms with Crippen LogP contribution in [-0.2, 0) is 4.74 Å². The summed E-state index contributed by atoms with van der Waals surface area (Å²) < 4.78 is 5.36. The minimum absolute atomic E-state index is 0.0282. The smallest absolute Gasteiger partial charge is 0.410 e. The zero-order valence-corrected chi connectivity index (χ0v) is 15.3. The number of aromatic nitrogens is 1. The van der Waals surface area contributed by atoms with Crippen LogP contribution < -0.4 is 0 Å². The molecule has 0 spiro atoms. The molecule has 1 unspecified atom stereocenters. The molecule has 4 nitrogen and oxygen atoms in total. The normalized spacial score (nSPS) is 18.0. The molecule has 136 valence electrons. The lowest BCUT2D eigenvalue weighted by Crippen LogP contribution is -2.41. The SMILES string of the molecule is C[C@@H](c1ccc(-c2cccnc2)cc1)N1C(=O)OCCC1c1ccccc1. The van der Waals surface area contributed by atoms with Crippen LogP contribution >= 0.6 is 0 Å². The number of benzene rings is 2. The molecule has 2 heterocycles. The molecule has 1 aliphatic heterocycles. The highest BCUT2D eigenvalue weighted by Crippen LogP contribution is 2.36. The molecule has 0 N–H and O–H groups in total. The first kappa shape index (κ1) is 17.3. The largest absolute Gasteiger partial charge is 0.449 e. The summed E-state index contributed by atoms with van der Waals surface area (Å²) in [7, 11) is 0. The number of cyclic esters (lactones) is 1. The molecule has 2 aromatic carbocycles. The van der Waals surface area contributed by atoms with E-state index < -0.39 is 0 Å². The fourth-order valence-electron chi connectivity index (χ4n) is 3.68. The van der Waals surface area contributed by atoms with Crippen molar-refractivity contribution >= 4 is 6.09 Å². The first-order valence-electron chi connectivity index (χ1n) is 9.24. The molecule has 1 amide bonds. The summed E-state index contributed by atoms with van der Waals surface area (Å²) in [4.78, 5) is 18.6. The summed E-state index contributed by atoms with van der Waals surface area (Å²) in [6.07, 6.45) is 4.17. The number of hydrogen-bond acceptors (Lipinski definition) is 3. The quantitative estimate of drug-likeness (QED) is 0.628. The third-order valence-corrected chi connectivity index (χ3v) is 5.15. The fourth-order valence-corrected chi connectivity index (χ4v) is 3.68. The van der Waals surface area contributed by atoms with E-state index in [-0.39, 0.29) is 18.2 Å². The predicted octanol–water partition coefficient (Wildman–Crippen LogP) is 5.39. The van der Waals surface area contributed by atoms with Gasteiger partial charge in [-0.05, 0) is 35.2 Å². The van der Waals surface area contributed by atoms with Gasteiger partial charge in [-0.1, -0.05) is 60.7 Å². The van der Waals surface area contributed by atoms with Crippen molar-refractivity contribution in [2.45, 2.75) is 25.4 Å². The van der Waals surface area contributed by atoms with Crippen molar-refractivity contribution in [1.82, 2.24) is 9.88 Å². The zero-order chi connectivity index (χ0) is 18.6. The van der Waals surface area contributed by atoms with Crippen molar-refractivity contribution in [2.75, 3.05) is 6.61 Å². The van der Waals surface area contributed by atoms with Crippen molar-refractivity contribution in [3.05, 3.63) is 90.3 Å². The predicted molar refractivity (Wildman–Crippen MR) is 105 cm³/mol. The monoisotopic (exact) mass is 358 g/mol. The minimum Gasteiger partial charge on any atom is -0.449 e. The number of carbonyl (C=O) groups excluding carboxylic acids is 1. The minimum atomic E-state index is -0.251. The first-order valence-corrected chi connectivity index (χ1v) is 9.24. The number of nitrogens with zero attached hydrogens (tertiary/aromatic N) is 2. The van der Waals surface area contributed by atoms with E-state index in [0.717, 1.165) is 28.7 Å². The Kier molecular flexibility index (Phi) is 4.88. The molecule has 4 rings (SSSR count). The molecule has 4 heteroatoms. The van der Waals surface area contributed by atoms with Crippen molar-refractivity contribution in [3.8, 4) is 11.1 Å². The second-order valence-electron chi connectivity index (χ2n) is 6.78. The maximum Gasteiger partial charge on any atom is 0.410 e. The number of carbonyl (C=O) groups is 1. The van der Waals surface area contributed by atoms with E-state index in [1.165, 1.54) is 0 Å². The lowest BCUT2D eigenvalue weighted by Gasteiger charge is -2.39. The topological polar surface area (TPSA) is 42.4 Å². The molecule has 3 aromatic rings. The van der Waals surface area contributed by atoms with Crippen LogP contribution in [0.15, 0.2) is 79.1 Å². The van der Waals surface area contributed by atoms with Crippen LogP contribution in [-0.4, -0.2) is 22.6 Å². The third kappa shape index (κ3) is 3.56. The summed E-state index contributed by atoms with van der Waals surface area (Å²) in [6, 6.07) is 22.4. The van der Waals surface area contributed by atoms with Crippen molar-refractivity contribution in [1.29, 1.82) is 0 Å². The van der Waals surface area contributed by atoms with Crippen LogP contribution in [0.25, 0.3) is 11.1 Å². The Hall–Kier alpha value is -3.14. The van der Waals surface area contributed by atoms with Gasteiger partial charge in [-0.25, -0.2) is 4.79 Å². The van der Waals surface area contributed by atoms with Crippen LogP contribution in [0.5, 0.6) is 0 Å². The molecule has 1 fully saturated rings. The van der Waals surface area contributed by atoms with Gasteiger partial charge >= 0.3 is 6.09 Å². The molecule has 27 heavy (non-hydrogen) atoms. The summed E-state index contributed by atoms with van der Waals surface area (Å²) in [5, 5.41) is 0. The average Bonchev–Trinajstić information content (AvgIpc) is 2.74. The Morgan fingerprint density at radius 1 is 1.00 bits per heavy atom. The van der Waals surface area contributed by atoms with Gasteiger partial charge in [-0.15, -0.1) is 0 Å². The maximum absolute atomic E-state index is 12.6. The second kappa shape index (κ2) is 7.62. The van der Waals surface area contributed by atoms with E-state index in [9.17, 15) is 4.79 Å². The third-order valence-electron chi connectivity index (χ3n) is 5.15. The van der Waals surface area contributed by atoms with E-state index in [1.807, 2.05) is 41.4 Å². The highest BCUT2D eigenvalue weighted by Gasteiger charge is 2.34. The van der Waals surface area contributed by atoms with Crippen LogP contribution in [0.1, 0.15) is 36.6 Å². The Bertz CT molecular complexity index is 895. The van der Waals surface area contributed by atoms with Crippen LogP contribution in [0.4, 0.5) is 4.79 Å². The van der Waals surface area contributed by atoms with Gasteiger partial charge in [0.25, 0.3) is 0 Å². The van der Waals surface area contributed by atoms with Crippen LogP contribution in [0, 0.1) is 0 Å². The molecule has 0 saturated carbocycles. The molecule has 1 aliphatic rings. The Labute approximate surface area is 159 Å². The average molecular weight is 358 g/mol. The lowest BCUT2D eigenvalue weighted by atomic mass is 9.96. The number of pyridine rings is 1. The lowest BCUT2D eigenvalue weighted by molar-refractivity contribution is 0.0261. The van der Waals surface area contributed by atoms with E-state index in [4.69, 9.17) is 4.74 Å². The Morgan fingerprint density at radius 3 is 2.48 bits per heavy atom. The van der Waals surface area contributed by atoms with Crippen molar-refractivity contribution in [3.63, 3.8) is 0 Å². The summed E-state index contributed by atoms with van der Waals surface area (Å²) in [5.41, 5.74) is 4.42. The Balaban J connectivity index is 1.61. The molecule has 0 radical (unpaired) electrons. The highest BCUT2D eigenvalue weighted by molar-refractivity contribution is 5.70. The standard InChI is InChI=1S/C23H22N2O2/c1-17(18-9-11-19(12-10-18)21-8-5-14-24-16-21)25-22(13-15-27-23(25)26)20-6-3-2-4-7-20/h2-12,14,16-17,22H,13,15H2,1H3/t17-,22?/m0/s1. The van der Waals surface area contributed by atoms with Crippen LogP contribution in [0.3, 0.4) is 0 Å². The molecule has 1 aromatic heterocycles. The van der Waals surface area contributed by atoms with Gasteiger partial charge in [-0.3, -0.25) is 9.88 Å². The first-order chi connectivity index (χ1) is 13.2. The van der Waals surface area contributed by atoms with E-state index in [0.29, 0.717) is 6.61 Å². The van der Waals surface area contributed by atoms with Crippen LogP contribution in [0.2, 0.25) is 0 Å². The Morgan fingerprint density at radius 2 is 1.78 bits per heavy atom.